The van der Waals surface area contributed by atoms with Crippen LogP contribution in [0.25, 0.3) is 10.8 Å². The summed E-state index contributed by atoms with van der Waals surface area (Å²) in [4.78, 5) is 10.9. The van der Waals surface area contributed by atoms with E-state index in [4.69, 9.17) is 16.2 Å². The van der Waals surface area contributed by atoms with Gasteiger partial charge in [-0.2, -0.15) is 0 Å². The maximum atomic E-state index is 10.9. The molecule has 4 N–H and O–H groups in total. The van der Waals surface area contributed by atoms with Crippen LogP contribution in [0.1, 0.15) is 5.56 Å². The number of amides is 1. The number of nitrogens with two attached hydrogens (primary N) is 2. The molecule has 0 aliphatic heterocycles. The second-order valence-electron chi connectivity index (χ2n) is 4.26. The van der Waals surface area contributed by atoms with E-state index in [1.807, 2.05) is 36.4 Å². The van der Waals surface area contributed by atoms with E-state index in [0.717, 1.165) is 22.1 Å². The first-order valence-electron chi connectivity index (χ1n) is 5.72. The summed E-state index contributed by atoms with van der Waals surface area (Å²) in [6.07, 6.45) is 0.456. The molecule has 0 fully saturated rings. The third-order valence-electron chi connectivity index (χ3n) is 2.93. The highest BCUT2D eigenvalue weighted by Gasteiger charge is 2.10. The summed E-state index contributed by atoms with van der Waals surface area (Å²) >= 11 is 0. The minimum absolute atomic E-state index is 0.456. The largest absolute Gasteiger partial charge is 0.497 e. The molecule has 18 heavy (non-hydrogen) atoms. The van der Waals surface area contributed by atoms with E-state index >= 15 is 0 Å². The number of benzene rings is 2. The summed E-state index contributed by atoms with van der Waals surface area (Å²) in [5.41, 5.74) is 11.8. The van der Waals surface area contributed by atoms with Crippen LogP contribution in [-0.2, 0) is 11.2 Å². The average molecular weight is 244 g/mol. The highest BCUT2D eigenvalue weighted by atomic mass is 16.5. The van der Waals surface area contributed by atoms with Gasteiger partial charge < -0.3 is 16.2 Å². The highest BCUT2D eigenvalue weighted by molar-refractivity contribution is 5.85. The maximum absolute atomic E-state index is 10.9. The van der Waals surface area contributed by atoms with Crippen LogP contribution < -0.4 is 16.2 Å². The van der Waals surface area contributed by atoms with Gasteiger partial charge in [0.2, 0.25) is 5.91 Å². The van der Waals surface area contributed by atoms with Crippen molar-refractivity contribution < 1.29 is 9.53 Å². The average Bonchev–Trinajstić information content (AvgIpc) is 2.37. The van der Waals surface area contributed by atoms with Gasteiger partial charge in [0.15, 0.2) is 0 Å². The fraction of sp³-hybridized carbons (Fsp3) is 0.214. The lowest BCUT2D eigenvalue weighted by atomic mass is 10.0. The fourth-order valence-corrected chi connectivity index (χ4v) is 1.88. The van der Waals surface area contributed by atoms with Crippen molar-refractivity contribution >= 4 is 16.7 Å². The number of hydrogen-bond acceptors (Lipinski definition) is 3. The molecule has 94 valence electrons. The van der Waals surface area contributed by atoms with Crippen LogP contribution in [0.2, 0.25) is 0 Å². The Bertz CT molecular complexity index is 581. The van der Waals surface area contributed by atoms with Gasteiger partial charge in [-0.1, -0.05) is 24.3 Å². The number of methoxy groups -OCH3 is 1. The van der Waals surface area contributed by atoms with Crippen LogP contribution in [0.3, 0.4) is 0 Å². The number of fused-ring (bicyclic) bond motifs is 1. The lowest BCUT2D eigenvalue weighted by Crippen LogP contribution is -2.38. The van der Waals surface area contributed by atoms with Gasteiger partial charge in [0.05, 0.1) is 13.2 Å². The van der Waals surface area contributed by atoms with Crippen LogP contribution in [0, 0.1) is 0 Å². The number of hydrogen-bond donors (Lipinski definition) is 2. The molecule has 0 bridgehead atoms. The molecule has 0 heterocycles. The molecule has 2 aromatic carbocycles. The molecular weight excluding hydrogens is 228 g/mol. The smallest absolute Gasteiger partial charge is 0.234 e. The Morgan fingerprint density at radius 3 is 2.56 bits per heavy atom. The molecule has 0 aromatic heterocycles. The quantitative estimate of drug-likeness (QED) is 0.848. The Morgan fingerprint density at radius 1 is 1.22 bits per heavy atom. The zero-order valence-corrected chi connectivity index (χ0v) is 10.2. The predicted octanol–water partition coefficient (Wildman–Crippen LogP) is 1.20. The van der Waals surface area contributed by atoms with Gasteiger partial charge in [0.1, 0.15) is 5.75 Å². The molecule has 4 heteroatoms. The molecule has 0 radical (unpaired) electrons. The van der Waals surface area contributed by atoms with Crippen molar-refractivity contribution in [2.24, 2.45) is 11.5 Å². The number of ether oxygens (including phenoxy) is 1. The lowest BCUT2D eigenvalue weighted by molar-refractivity contribution is -0.119. The zero-order valence-electron chi connectivity index (χ0n) is 10.2. The number of primary amides is 1. The van der Waals surface area contributed by atoms with Gasteiger partial charge >= 0.3 is 0 Å². The van der Waals surface area contributed by atoms with Crippen molar-refractivity contribution in [2.45, 2.75) is 12.5 Å². The molecule has 1 amide bonds. The molecule has 2 rings (SSSR count). The van der Waals surface area contributed by atoms with Gasteiger partial charge in [-0.3, -0.25) is 4.79 Å². The molecule has 0 spiro atoms. The van der Waals surface area contributed by atoms with Gasteiger partial charge in [-0.15, -0.1) is 0 Å². The summed E-state index contributed by atoms with van der Waals surface area (Å²) in [6.45, 7) is 0. The summed E-state index contributed by atoms with van der Waals surface area (Å²) < 4.78 is 5.17. The van der Waals surface area contributed by atoms with E-state index in [2.05, 4.69) is 0 Å². The van der Waals surface area contributed by atoms with Gasteiger partial charge in [-0.05, 0) is 34.9 Å². The van der Waals surface area contributed by atoms with Gasteiger partial charge in [0, 0.05) is 0 Å². The number of carbonyl (C=O) groups excluding carboxylic acids is 1. The van der Waals surface area contributed by atoms with Crippen molar-refractivity contribution in [3.05, 3.63) is 42.0 Å². The Kier molecular flexibility index (Phi) is 3.48. The second-order valence-corrected chi connectivity index (χ2v) is 4.26. The Labute approximate surface area is 106 Å². The van der Waals surface area contributed by atoms with Crippen LogP contribution in [0.4, 0.5) is 0 Å². The number of rotatable bonds is 4. The Balaban J connectivity index is 2.30. The van der Waals surface area contributed by atoms with Gasteiger partial charge in [-0.25, -0.2) is 0 Å². The molecule has 0 saturated heterocycles. The summed E-state index contributed by atoms with van der Waals surface area (Å²) in [5, 5.41) is 2.18. The van der Waals surface area contributed by atoms with Crippen molar-refractivity contribution in [2.75, 3.05) is 7.11 Å². The third-order valence-corrected chi connectivity index (χ3v) is 2.93. The third kappa shape index (κ3) is 2.60. The van der Waals surface area contributed by atoms with Crippen molar-refractivity contribution in [1.29, 1.82) is 0 Å². The van der Waals surface area contributed by atoms with E-state index in [0.29, 0.717) is 6.42 Å². The highest BCUT2D eigenvalue weighted by Crippen LogP contribution is 2.22. The first-order valence-corrected chi connectivity index (χ1v) is 5.72. The van der Waals surface area contributed by atoms with Gasteiger partial charge in [0.25, 0.3) is 0 Å². The van der Waals surface area contributed by atoms with E-state index in [1.54, 1.807) is 7.11 Å². The topological polar surface area (TPSA) is 78.3 Å². The molecular formula is C14H16N2O2. The van der Waals surface area contributed by atoms with Crippen LogP contribution in [0.5, 0.6) is 5.75 Å². The first kappa shape index (κ1) is 12.4. The summed E-state index contributed by atoms with van der Waals surface area (Å²) in [5.74, 6) is 0.342. The van der Waals surface area contributed by atoms with Crippen molar-refractivity contribution in [3.8, 4) is 5.75 Å². The predicted molar refractivity (Wildman–Crippen MR) is 71.4 cm³/mol. The van der Waals surface area contributed by atoms with E-state index in [1.165, 1.54) is 0 Å². The first-order chi connectivity index (χ1) is 8.60. The number of carbonyl (C=O) groups is 1. The molecule has 0 aliphatic carbocycles. The van der Waals surface area contributed by atoms with E-state index in [-0.39, 0.29) is 0 Å². The Morgan fingerprint density at radius 2 is 1.89 bits per heavy atom. The maximum Gasteiger partial charge on any atom is 0.234 e. The van der Waals surface area contributed by atoms with Crippen LogP contribution in [-0.4, -0.2) is 19.1 Å². The summed E-state index contributed by atoms with van der Waals surface area (Å²) in [7, 11) is 1.64. The molecule has 2 aromatic rings. The van der Waals surface area contributed by atoms with Crippen molar-refractivity contribution in [3.63, 3.8) is 0 Å². The van der Waals surface area contributed by atoms with Crippen LogP contribution in [0.15, 0.2) is 36.4 Å². The summed E-state index contributed by atoms with van der Waals surface area (Å²) in [6, 6.07) is 11.2. The molecule has 1 unspecified atom stereocenters. The normalized spacial score (nSPS) is 12.3. The molecule has 0 aliphatic rings. The van der Waals surface area contributed by atoms with E-state index in [9.17, 15) is 4.79 Å². The zero-order chi connectivity index (χ0) is 13.1. The fourth-order valence-electron chi connectivity index (χ4n) is 1.88. The Hall–Kier alpha value is -2.07. The minimum atomic E-state index is -0.638. The SMILES string of the molecule is COc1ccc2cc(CC(N)C(N)=O)ccc2c1. The van der Waals surface area contributed by atoms with E-state index < -0.39 is 11.9 Å². The van der Waals surface area contributed by atoms with Crippen LogP contribution >= 0.6 is 0 Å². The molecule has 0 saturated carbocycles. The monoisotopic (exact) mass is 244 g/mol. The van der Waals surface area contributed by atoms with Crippen molar-refractivity contribution in [1.82, 2.24) is 0 Å². The molecule has 1 atom stereocenters. The second kappa shape index (κ2) is 5.06. The standard InChI is InChI=1S/C14H16N2O2/c1-18-12-5-4-10-6-9(2-3-11(10)8-12)7-13(15)14(16)17/h2-6,8,13H,7,15H2,1H3,(H2,16,17). The lowest BCUT2D eigenvalue weighted by Gasteiger charge is -2.09. The minimum Gasteiger partial charge on any atom is -0.497 e. The molecule has 4 nitrogen and oxygen atoms in total.